The Bertz CT molecular complexity index is 752. The number of amides is 2. The van der Waals surface area contributed by atoms with Crippen molar-refractivity contribution in [2.75, 3.05) is 19.4 Å². The molecule has 1 aromatic heterocycles. The molecule has 0 bridgehead atoms. The van der Waals surface area contributed by atoms with Gasteiger partial charge in [-0.2, -0.15) is 0 Å². The first-order valence-corrected chi connectivity index (χ1v) is 9.64. The van der Waals surface area contributed by atoms with Crippen LogP contribution in [0.4, 0.5) is 4.79 Å². The van der Waals surface area contributed by atoms with E-state index in [2.05, 4.69) is 10.3 Å². The van der Waals surface area contributed by atoms with Crippen molar-refractivity contribution >= 4 is 23.8 Å². The van der Waals surface area contributed by atoms with Gasteiger partial charge in [-0.15, -0.1) is 11.8 Å². The van der Waals surface area contributed by atoms with E-state index in [1.54, 1.807) is 18.0 Å². The average molecular weight is 371 g/mol. The maximum atomic E-state index is 12.5. The fourth-order valence-electron chi connectivity index (χ4n) is 2.75. The van der Waals surface area contributed by atoms with Crippen LogP contribution >= 0.6 is 11.8 Å². The first kappa shape index (κ1) is 18.3. The van der Waals surface area contributed by atoms with Gasteiger partial charge in [0.2, 0.25) is 5.91 Å². The molecule has 1 N–H and O–H groups in total. The fraction of sp³-hybridized carbons (Fsp3) is 0.316. The van der Waals surface area contributed by atoms with Gasteiger partial charge in [-0.05, 0) is 36.1 Å². The number of nitrogens with zero attached hydrogens (tertiary/aromatic N) is 2. The van der Waals surface area contributed by atoms with Crippen LogP contribution < -0.4 is 5.32 Å². The molecule has 1 aliphatic rings. The Balaban J connectivity index is 1.56. The lowest BCUT2D eigenvalue weighted by molar-refractivity contribution is -0.124. The zero-order chi connectivity index (χ0) is 18.4. The van der Waals surface area contributed by atoms with E-state index in [4.69, 9.17) is 4.74 Å². The Morgan fingerprint density at radius 3 is 2.81 bits per heavy atom. The van der Waals surface area contributed by atoms with E-state index >= 15 is 0 Å². The molecule has 1 atom stereocenters. The van der Waals surface area contributed by atoms with E-state index < -0.39 is 12.1 Å². The monoisotopic (exact) mass is 371 g/mol. The predicted molar refractivity (Wildman–Crippen MR) is 99.9 cm³/mol. The van der Waals surface area contributed by atoms with Crippen molar-refractivity contribution in [1.29, 1.82) is 0 Å². The number of ether oxygens (including phenoxy) is 1. The number of pyridine rings is 1. The minimum absolute atomic E-state index is 0.0805. The zero-order valence-electron chi connectivity index (χ0n) is 14.6. The Morgan fingerprint density at radius 1 is 1.31 bits per heavy atom. The number of benzene rings is 1. The summed E-state index contributed by atoms with van der Waals surface area (Å²) >= 11 is 1.66. The number of carbonyl (C=O) groups is 2. The summed E-state index contributed by atoms with van der Waals surface area (Å²) in [6, 6.07) is 13.0. The summed E-state index contributed by atoms with van der Waals surface area (Å²) in [7, 11) is 0. The molecular formula is C19H21N3O3S. The van der Waals surface area contributed by atoms with Crippen LogP contribution in [-0.4, -0.2) is 47.3 Å². The van der Waals surface area contributed by atoms with Gasteiger partial charge in [0.1, 0.15) is 12.6 Å². The molecule has 1 aromatic carbocycles. The lowest BCUT2D eigenvalue weighted by Crippen LogP contribution is -2.45. The number of carbonyl (C=O) groups excluding carboxylic acids is 2. The van der Waals surface area contributed by atoms with Gasteiger partial charge in [0, 0.05) is 29.8 Å². The van der Waals surface area contributed by atoms with Crippen molar-refractivity contribution in [3.05, 3.63) is 59.9 Å². The molecule has 0 aliphatic carbocycles. The molecule has 6 nitrogen and oxygen atoms in total. The number of aromatic nitrogens is 1. The van der Waals surface area contributed by atoms with E-state index in [0.29, 0.717) is 19.5 Å². The number of nitrogens with one attached hydrogen (secondary N) is 1. The van der Waals surface area contributed by atoms with Crippen LogP contribution in [-0.2, 0) is 22.5 Å². The van der Waals surface area contributed by atoms with E-state index in [-0.39, 0.29) is 12.5 Å². The molecule has 2 amide bonds. The lowest BCUT2D eigenvalue weighted by atomic mass is 10.2. The van der Waals surface area contributed by atoms with Crippen LogP contribution in [0.5, 0.6) is 0 Å². The molecule has 0 unspecified atom stereocenters. The first-order chi connectivity index (χ1) is 12.7. The maximum absolute atomic E-state index is 12.5. The SMILES string of the molecule is CSc1ccc(CN2C(=O)OC[C@H]2C(=O)NCCc2ccccn2)cc1. The smallest absolute Gasteiger partial charge is 0.410 e. The van der Waals surface area contributed by atoms with Gasteiger partial charge in [0.15, 0.2) is 0 Å². The molecule has 1 aliphatic heterocycles. The molecule has 0 spiro atoms. The van der Waals surface area contributed by atoms with Crippen LogP contribution in [0.2, 0.25) is 0 Å². The summed E-state index contributed by atoms with van der Waals surface area (Å²) in [6.45, 7) is 0.903. The van der Waals surface area contributed by atoms with Crippen molar-refractivity contribution in [1.82, 2.24) is 15.2 Å². The van der Waals surface area contributed by atoms with Crippen molar-refractivity contribution in [3.8, 4) is 0 Å². The van der Waals surface area contributed by atoms with Crippen LogP contribution in [0.1, 0.15) is 11.3 Å². The number of hydrogen-bond acceptors (Lipinski definition) is 5. The largest absolute Gasteiger partial charge is 0.447 e. The fourth-order valence-corrected chi connectivity index (χ4v) is 3.16. The predicted octanol–water partition coefficient (Wildman–Crippen LogP) is 2.48. The molecule has 1 saturated heterocycles. The third kappa shape index (κ3) is 4.54. The molecule has 0 saturated carbocycles. The summed E-state index contributed by atoms with van der Waals surface area (Å²) in [5.41, 5.74) is 1.88. The molecule has 0 radical (unpaired) electrons. The van der Waals surface area contributed by atoms with Gasteiger partial charge in [-0.1, -0.05) is 18.2 Å². The first-order valence-electron chi connectivity index (χ1n) is 8.41. The van der Waals surface area contributed by atoms with Gasteiger partial charge >= 0.3 is 6.09 Å². The molecule has 136 valence electrons. The number of cyclic esters (lactones) is 1. The highest BCUT2D eigenvalue weighted by Crippen LogP contribution is 2.19. The van der Waals surface area contributed by atoms with Crippen LogP contribution in [0.3, 0.4) is 0 Å². The van der Waals surface area contributed by atoms with Gasteiger partial charge < -0.3 is 10.1 Å². The summed E-state index contributed by atoms with van der Waals surface area (Å²) in [5.74, 6) is -0.201. The Labute approximate surface area is 156 Å². The Morgan fingerprint density at radius 2 is 2.12 bits per heavy atom. The summed E-state index contributed by atoms with van der Waals surface area (Å²) < 4.78 is 5.09. The maximum Gasteiger partial charge on any atom is 0.410 e. The minimum atomic E-state index is -0.605. The topological polar surface area (TPSA) is 71.5 Å². The highest BCUT2D eigenvalue weighted by Gasteiger charge is 2.37. The van der Waals surface area contributed by atoms with Gasteiger partial charge in [-0.3, -0.25) is 14.7 Å². The Kier molecular flexibility index (Phi) is 6.12. The lowest BCUT2D eigenvalue weighted by Gasteiger charge is -2.21. The summed E-state index contributed by atoms with van der Waals surface area (Å²) in [4.78, 5) is 31.4. The highest BCUT2D eigenvalue weighted by atomic mass is 32.2. The minimum Gasteiger partial charge on any atom is -0.447 e. The van der Waals surface area contributed by atoms with Crippen LogP contribution in [0.15, 0.2) is 53.6 Å². The van der Waals surface area contributed by atoms with Gasteiger partial charge in [-0.25, -0.2) is 4.79 Å². The zero-order valence-corrected chi connectivity index (χ0v) is 15.4. The quantitative estimate of drug-likeness (QED) is 0.757. The van der Waals surface area contributed by atoms with Crippen molar-refractivity contribution in [3.63, 3.8) is 0 Å². The number of rotatable bonds is 7. The van der Waals surface area contributed by atoms with Crippen LogP contribution in [0, 0.1) is 0 Å². The molecule has 2 aromatic rings. The normalized spacial score (nSPS) is 16.4. The van der Waals surface area contributed by atoms with Crippen molar-refractivity contribution in [2.24, 2.45) is 0 Å². The second-order valence-corrected chi connectivity index (χ2v) is 6.81. The van der Waals surface area contributed by atoms with Crippen molar-refractivity contribution < 1.29 is 14.3 Å². The summed E-state index contributed by atoms with van der Waals surface area (Å²) in [5, 5.41) is 2.87. The van der Waals surface area contributed by atoms with E-state index in [1.807, 2.05) is 48.7 Å². The number of thioether (sulfide) groups is 1. The highest BCUT2D eigenvalue weighted by molar-refractivity contribution is 7.98. The van der Waals surface area contributed by atoms with E-state index in [1.165, 1.54) is 4.90 Å². The molecule has 2 heterocycles. The molecular weight excluding hydrogens is 350 g/mol. The third-order valence-electron chi connectivity index (χ3n) is 4.20. The molecule has 26 heavy (non-hydrogen) atoms. The molecule has 3 rings (SSSR count). The average Bonchev–Trinajstić information content (AvgIpc) is 3.04. The van der Waals surface area contributed by atoms with Gasteiger partial charge in [0.05, 0.1) is 6.54 Å². The Hall–Kier alpha value is -2.54. The van der Waals surface area contributed by atoms with Crippen molar-refractivity contribution in [2.45, 2.75) is 23.9 Å². The standard InChI is InChI=1S/C19H21N3O3S/c1-26-16-7-5-14(6-8-16)12-22-17(13-25-19(22)24)18(23)21-11-9-15-4-2-3-10-20-15/h2-8,10,17H,9,11-13H2,1H3,(H,21,23)/t17-/m0/s1. The van der Waals surface area contributed by atoms with Gasteiger partial charge in [0.25, 0.3) is 0 Å². The van der Waals surface area contributed by atoms with Crippen LogP contribution in [0.25, 0.3) is 0 Å². The second-order valence-electron chi connectivity index (χ2n) is 5.93. The second kappa shape index (κ2) is 8.71. The number of hydrogen-bond donors (Lipinski definition) is 1. The molecule has 7 heteroatoms. The summed E-state index contributed by atoms with van der Waals surface area (Å²) in [6.07, 6.45) is 3.93. The molecule has 1 fully saturated rings. The third-order valence-corrected chi connectivity index (χ3v) is 4.94. The van der Waals surface area contributed by atoms with E-state index in [9.17, 15) is 9.59 Å². The van der Waals surface area contributed by atoms with E-state index in [0.717, 1.165) is 16.2 Å².